The highest BCUT2D eigenvalue weighted by Gasteiger charge is 2.33. The van der Waals surface area contributed by atoms with Crippen molar-refractivity contribution in [3.05, 3.63) is 64.9 Å². The van der Waals surface area contributed by atoms with Gasteiger partial charge in [-0.05, 0) is 48.7 Å². The quantitative estimate of drug-likeness (QED) is 0.806. The number of halogens is 1. The Morgan fingerprint density at radius 2 is 1.58 bits per heavy atom. The molecule has 0 saturated heterocycles. The molecule has 0 saturated carbocycles. The number of benzene rings is 1. The monoisotopic (exact) mass is 275 g/mol. The largest absolute Gasteiger partial charge is 0.366 e. The second kappa shape index (κ2) is 6.18. The van der Waals surface area contributed by atoms with E-state index in [1.807, 2.05) is 43.3 Å². The Bertz CT molecular complexity index is 512. The normalized spacial score (nSPS) is 14.1. The highest BCUT2D eigenvalue weighted by atomic mass is 35.5. The molecule has 0 fully saturated rings. The van der Waals surface area contributed by atoms with Crippen molar-refractivity contribution in [3.8, 4) is 0 Å². The highest BCUT2D eigenvalue weighted by molar-refractivity contribution is 6.30. The Morgan fingerprint density at radius 3 is 2.11 bits per heavy atom. The maximum atomic E-state index is 6.12. The number of hydrogen-bond acceptors (Lipinski definition) is 2. The number of hydrogen-bond donors (Lipinski definition) is 0. The van der Waals surface area contributed by atoms with Crippen LogP contribution in [0.2, 0.25) is 5.02 Å². The van der Waals surface area contributed by atoms with E-state index >= 15 is 0 Å². The third-order valence-electron chi connectivity index (χ3n) is 3.35. The standard InChI is InChI=1S/C16H18ClNO/c1-3-16(19-4-2,14-9-11-18-12-10-14)13-5-7-15(17)8-6-13/h5-12H,3-4H2,1-2H3/t16-/m0/s1. The average molecular weight is 276 g/mol. The lowest BCUT2D eigenvalue weighted by atomic mass is 9.84. The van der Waals surface area contributed by atoms with Crippen LogP contribution in [0.4, 0.5) is 0 Å². The molecule has 2 rings (SSSR count). The van der Waals surface area contributed by atoms with Crippen LogP contribution >= 0.6 is 11.6 Å². The fourth-order valence-corrected chi connectivity index (χ4v) is 2.56. The maximum Gasteiger partial charge on any atom is 0.118 e. The third-order valence-corrected chi connectivity index (χ3v) is 3.60. The predicted molar refractivity (Wildman–Crippen MR) is 78.4 cm³/mol. The van der Waals surface area contributed by atoms with Gasteiger partial charge in [-0.25, -0.2) is 0 Å². The van der Waals surface area contributed by atoms with Crippen molar-refractivity contribution in [1.82, 2.24) is 4.98 Å². The first kappa shape index (κ1) is 14.0. The molecule has 0 aliphatic rings. The molecule has 1 aromatic heterocycles. The van der Waals surface area contributed by atoms with Crippen molar-refractivity contribution in [2.45, 2.75) is 25.9 Å². The van der Waals surface area contributed by atoms with E-state index in [0.717, 1.165) is 22.6 Å². The molecule has 1 aromatic carbocycles. The van der Waals surface area contributed by atoms with E-state index in [4.69, 9.17) is 16.3 Å². The molecule has 0 spiro atoms. The molecule has 0 radical (unpaired) electrons. The summed E-state index contributed by atoms with van der Waals surface area (Å²) in [7, 11) is 0. The topological polar surface area (TPSA) is 22.1 Å². The fraction of sp³-hybridized carbons (Fsp3) is 0.312. The number of aromatic nitrogens is 1. The highest BCUT2D eigenvalue weighted by Crippen LogP contribution is 2.37. The van der Waals surface area contributed by atoms with E-state index < -0.39 is 5.60 Å². The lowest BCUT2D eigenvalue weighted by molar-refractivity contribution is -0.0141. The molecule has 1 atom stereocenters. The zero-order valence-electron chi connectivity index (χ0n) is 11.3. The van der Waals surface area contributed by atoms with E-state index in [1.54, 1.807) is 12.4 Å². The maximum absolute atomic E-state index is 6.12. The Kier molecular flexibility index (Phi) is 4.56. The third kappa shape index (κ3) is 2.80. The number of pyridine rings is 1. The van der Waals surface area contributed by atoms with E-state index in [1.165, 1.54) is 0 Å². The lowest BCUT2D eigenvalue weighted by Gasteiger charge is -2.33. The molecular weight excluding hydrogens is 258 g/mol. The molecule has 2 aromatic rings. The van der Waals surface area contributed by atoms with Gasteiger partial charge in [0.15, 0.2) is 0 Å². The minimum Gasteiger partial charge on any atom is -0.366 e. The van der Waals surface area contributed by atoms with Crippen LogP contribution in [0.25, 0.3) is 0 Å². The van der Waals surface area contributed by atoms with Crippen LogP contribution in [0.5, 0.6) is 0 Å². The number of ether oxygens (including phenoxy) is 1. The van der Waals surface area contributed by atoms with E-state index in [2.05, 4.69) is 11.9 Å². The molecule has 100 valence electrons. The molecule has 19 heavy (non-hydrogen) atoms. The smallest absolute Gasteiger partial charge is 0.118 e. The minimum atomic E-state index is -0.428. The minimum absolute atomic E-state index is 0.428. The van der Waals surface area contributed by atoms with Gasteiger partial charge in [0.2, 0.25) is 0 Å². The Hall–Kier alpha value is -1.38. The summed E-state index contributed by atoms with van der Waals surface area (Å²) in [4.78, 5) is 4.08. The summed E-state index contributed by atoms with van der Waals surface area (Å²) < 4.78 is 6.12. The van der Waals surface area contributed by atoms with Crippen LogP contribution in [0, 0.1) is 0 Å². The van der Waals surface area contributed by atoms with Gasteiger partial charge in [-0.15, -0.1) is 0 Å². The molecule has 0 bridgehead atoms. The molecular formula is C16H18ClNO. The first-order valence-corrected chi connectivity index (χ1v) is 6.91. The van der Waals surface area contributed by atoms with Crippen molar-refractivity contribution in [2.24, 2.45) is 0 Å². The van der Waals surface area contributed by atoms with Crippen LogP contribution < -0.4 is 0 Å². The molecule has 1 heterocycles. The molecule has 0 aliphatic carbocycles. The van der Waals surface area contributed by atoms with Gasteiger partial charge in [0, 0.05) is 24.0 Å². The molecule has 0 aliphatic heterocycles. The number of rotatable bonds is 5. The molecule has 0 N–H and O–H groups in total. The summed E-state index contributed by atoms with van der Waals surface area (Å²) in [5.41, 5.74) is 1.81. The SMILES string of the molecule is CCO[C@](CC)(c1ccncc1)c1ccc(Cl)cc1. The summed E-state index contributed by atoms with van der Waals surface area (Å²) in [6.07, 6.45) is 4.45. The summed E-state index contributed by atoms with van der Waals surface area (Å²) in [5.74, 6) is 0. The van der Waals surface area contributed by atoms with Gasteiger partial charge in [-0.2, -0.15) is 0 Å². The molecule has 2 nitrogen and oxygen atoms in total. The first-order chi connectivity index (χ1) is 9.23. The molecule has 3 heteroatoms. The van der Waals surface area contributed by atoms with E-state index in [9.17, 15) is 0 Å². The van der Waals surface area contributed by atoms with Gasteiger partial charge < -0.3 is 4.74 Å². The predicted octanol–water partition coefficient (Wildman–Crippen LogP) is 4.43. The average Bonchev–Trinajstić information content (AvgIpc) is 2.47. The van der Waals surface area contributed by atoms with Crippen LogP contribution in [-0.2, 0) is 10.3 Å². The van der Waals surface area contributed by atoms with Crippen LogP contribution in [0.15, 0.2) is 48.8 Å². The zero-order valence-corrected chi connectivity index (χ0v) is 12.0. The molecule has 0 unspecified atom stereocenters. The van der Waals surface area contributed by atoms with Crippen LogP contribution in [0.1, 0.15) is 31.4 Å². The fourth-order valence-electron chi connectivity index (χ4n) is 2.43. The van der Waals surface area contributed by atoms with Crippen molar-refractivity contribution < 1.29 is 4.74 Å². The van der Waals surface area contributed by atoms with E-state index in [0.29, 0.717) is 6.61 Å². The second-order valence-corrected chi connectivity index (χ2v) is 4.79. The van der Waals surface area contributed by atoms with Crippen LogP contribution in [-0.4, -0.2) is 11.6 Å². The van der Waals surface area contributed by atoms with Gasteiger partial charge in [0.1, 0.15) is 5.60 Å². The first-order valence-electron chi connectivity index (χ1n) is 6.53. The van der Waals surface area contributed by atoms with Crippen molar-refractivity contribution in [2.75, 3.05) is 6.61 Å². The Balaban J connectivity index is 2.54. The summed E-state index contributed by atoms with van der Waals surface area (Å²) in [6.45, 7) is 4.80. The number of nitrogens with zero attached hydrogens (tertiary/aromatic N) is 1. The van der Waals surface area contributed by atoms with Gasteiger partial charge in [0.05, 0.1) is 0 Å². The summed E-state index contributed by atoms with van der Waals surface area (Å²) >= 11 is 5.98. The van der Waals surface area contributed by atoms with Crippen molar-refractivity contribution in [1.29, 1.82) is 0 Å². The van der Waals surface area contributed by atoms with Gasteiger partial charge in [-0.1, -0.05) is 30.7 Å². The molecule has 0 amide bonds. The van der Waals surface area contributed by atoms with Gasteiger partial charge >= 0.3 is 0 Å². The van der Waals surface area contributed by atoms with Gasteiger partial charge in [-0.3, -0.25) is 4.98 Å². The Labute approximate surface area is 119 Å². The van der Waals surface area contributed by atoms with Crippen LogP contribution in [0.3, 0.4) is 0 Å². The van der Waals surface area contributed by atoms with E-state index in [-0.39, 0.29) is 0 Å². The lowest BCUT2D eigenvalue weighted by Crippen LogP contribution is -2.30. The second-order valence-electron chi connectivity index (χ2n) is 4.36. The van der Waals surface area contributed by atoms with Crippen molar-refractivity contribution >= 4 is 11.6 Å². The van der Waals surface area contributed by atoms with Crippen molar-refractivity contribution in [3.63, 3.8) is 0 Å². The summed E-state index contributed by atoms with van der Waals surface area (Å²) in [6, 6.07) is 11.9. The Morgan fingerprint density at radius 1 is 1.00 bits per heavy atom. The summed E-state index contributed by atoms with van der Waals surface area (Å²) in [5, 5.41) is 0.736. The zero-order chi connectivity index (χ0) is 13.7. The van der Waals surface area contributed by atoms with Gasteiger partial charge in [0.25, 0.3) is 0 Å².